The van der Waals surface area contributed by atoms with Gasteiger partial charge < -0.3 is 19.0 Å². The van der Waals surface area contributed by atoms with E-state index in [0.717, 1.165) is 36.1 Å². The smallest absolute Gasteiger partial charge is 0.251 e. The minimum absolute atomic E-state index is 0.0243. The number of para-hydroxylation sites is 1. The maximum Gasteiger partial charge on any atom is 0.251 e. The summed E-state index contributed by atoms with van der Waals surface area (Å²) in [6, 6.07) is 13.6. The lowest BCUT2D eigenvalue weighted by Crippen LogP contribution is -2.22. The number of amides is 1. The number of ether oxygens (including phenoxy) is 1. The van der Waals surface area contributed by atoms with E-state index in [1.807, 2.05) is 18.2 Å². The van der Waals surface area contributed by atoms with Crippen LogP contribution in [0.25, 0.3) is 22.4 Å². The predicted molar refractivity (Wildman–Crippen MR) is 117 cm³/mol. The number of hydrogen-bond donors (Lipinski definition) is 1. The molecule has 4 heterocycles. The number of pyridine rings is 1. The molecular weight excluding hydrogens is 410 g/mol. The number of aromatic nitrogens is 3. The molecule has 9 heteroatoms. The van der Waals surface area contributed by atoms with Crippen molar-refractivity contribution in [2.45, 2.75) is 25.4 Å². The second-order valence-corrected chi connectivity index (χ2v) is 7.75. The average molecular weight is 433 g/mol. The summed E-state index contributed by atoms with van der Waals surface area (Å²) in [5.74, 6) is 2.16. The first-order valence-corrected chi connectivity index (χ1v) is 10.5. The Hall–Kier alpha value is -3.56. The molecule has 1 aromatic carbocycles. The maximum atomic E-state index is 11.6. The van der Waals surface area contributed by atoms with Crippen LogP contribution in [0.2, 0.25) is 0 Å². The highest BCUT2D eigenvalue weighted by Crippen LogP contribution is 2.34. The number of likely N-dealkylation sites (tertiary alicyclic amines) is 1. The van der Waals surface area contributed by atoms with Crippen LogP contribution in [0.1, 0.15) is 30.5 Å². The van der Waals surface area contributed by atoms with E-state index in [0.29, 0.717) is 29.6 Å². The monoisotopic (exact) mass is 433 g/mol. The lowest BCUT2D eigenvalue weighted by Gasteiger charge is -2.19. The number of nitrogens with one attached hydrogen (secondary N) is 1. The summed E-state index contributed by atoms with van der Waals surface area (Å²) in [6.07, 6.45) is 3.61. The molecule has 9 nitrogen and oxygen atoms in total. The number of hydrogen-bond acceptors (Lipinski definition) is 8. The number of carbonyl (C=O) groups is 1. The lowest BCUT2D eigenvalue weighted by atomic mass is 10.2. The Labute approximate surface area is 184 Å². The molecule has 1 aliphatic heterocycles. The van der Waals surface area contributed by atoms with E-state index in [-0.39, 0.29) is 18.6 Å². The van der Waals surface area contributed by atoms with Crippen molar-refractivity contribution < 1.29 is 18.5 Å². The second kappa shape index (κ2) is 8.89. The molecule has 32 heavy (non-hydrogen) atoms. The molecule has 164 valence electrons. The molecule has 4 aromatic rings. The normalized spacial score (nSPS) is 16.6. The van der Waals surface area contributed by atoms with Gasteiger partial charge in [0.15, 0.2) is 0 Å². The first-order valence-electron chi connectivity index (χ1n) is 10.5. The molecule has 0 unspecified atom stereocenters. The molecule has 1 amide bonds. The molecule has 0 radical (unpaired) electrons. The molecule has 5 rings (SSSR count). The molecule has 1 N–H and O–H groups in total. The van der Waals surface area contributed by atoms with E-state index < -0.39 is 0 Å². The third-order valence-electron chi connectivity index (χ3n) is 5.49. The van der Waals surface area contributed by atoms with Crippen LogP contribution in [0.3, 0.4) is 0 Å². The number of furan rings is 1. The van der Waals surface area contributed by atoms with Gasteiger partial charge in [-0.15, -0.1) is 0 Å². The second-order valence-electron chi connectivity index (χ2n) is 7.75. The van der Waals surface area contributed by atoms with Gasteiger partial charge in [0.05, 0.1) is 12.6 Å². The van der Waals surface area contributed by atoms with Crippen molar-refractivity contribution in [1.82, 2.24) is 20.0 Å². The van der Waals surface area contributed by atoms with E-state index in [1.165, 1.54) is 7.11 Å². The fourth-order valence-corrected chi connectivity index (χ4v) is 4.01. The third-order valence-corrected chi connectivity index (χ3v) is 5.49. The Balaban J connectivity index is 1.28. The number of nitrogens with zero attached hydrogens (tertiary/aromatic N) is 4. The molecule has 0 spiro atoms. The quantitative estimate of drug-likeness (QED) is 0.469. The summed E-state index contributed by atoms with van der Waals surface area (Å²) < 4.78 is 16.4. The molecule has 1 atom stereocenters. The summed E-state index contributed by atoms with van der Waals surface area (Å²) in [5, 5.41) is 7.90. The molecular formula is C23H23N5O4. The van der Waals surface area contributed by atoms with Crippen molar-refractivity contribution in [3.8, 4) is 11.4 Å². The molecule has 0 bridgehead atoms. The largest absolute Gasteiger partial charge is 0.460 e. The summed E-state index contributed by atoms with van der Waals surface area (Å²) in [6.45, 7) is 1.61. The molecule has 1 saturated heterocycles. The Morgan fingerprint density at radius 1 is 1.28 bits per heavy atom. The number of methoxy groups -OCH3 is 1. The van der Waals surface area contributed by atoms with Crippen LogP contribution < -0.4 is 5.32 Å². The van der Waals surface area contributed by atoms with Crippen LogP contribution in [0, 0.1) is 0 Å². The first-order chi connectivity index (χ1) is 15.7. The molecule has 0 saturated carbocycles. The zero-order valence-corrected chi connectivity index (χ0v) is 17.7. The van der Waals surface area contributed by atoms with Gasteiger partial charge in [-0.05, 0) is 43.7 Å². The van der Waals surface area contributed by atoms with Crippen LogP contribution in [0.5, 0.6) is 0 Å². The Bertz CT molecular complexity index is 1180. The number of carbonyl (C=O) groups excluding carboxylic acids is 1. The molecule has 1 fully saturated rings. The lowest BCUT2D eigenvalue weighted by molar-refractivity contribution is -0.119. The average Bonchev–Trinajstić information content (AvgIpc) is 3.53. The number of fused-ring (bicyclic) bond motifs is 1. The van der Waals surface area contributed by atoms with Gasteiger partial charge in [0.2, 0.25) is 11.7 Å². The number of rotatable bonds is 7. The Kier molecular flexibility index (Phi) is 5.66. The maximum absolute atomic E-state index is 11.6. The highest BCUT2D eigenvalue weighted by Gasteiger charge is 2.31. The molecule has 0 aliphatic carbocycles. The van der Waals surface area contributed by atoms with Gasteiger partial charge in [-0.3, -0.25) is 9.69 Å². The van der Waals surface area contributed by atoms with Crippen molar-refractivity contribution in [2.75, 3.05) is 25.6 Å². The molecule has 1 aliphatic rings. The van der Waals surface area contributed by atoms with Crippen LogP contribution in [-0.2, 0) is 16.1 Å². The minimum Gasteiger partial charge on any atom is -0.460 e. The van der Waals surface area contributed by atoms with Gasteiger partial charge in [0.25, 0.3) is 5.91 Å². The summed E-state index contributed by atoms with van der Waals surface area (Å²) in [7, 11) is 1.46. The number of benzene rings is 1. The van der Waals surface area contributed by atoms with Gasteiger partial charge >= 0.3 is 0 Å². The van der Waals surface area contributed by atoms with Crippen molar-refractivity contribution in [3.63, 3.8) is 0 Å². The minimum atomic E-state index is -0.264. The van der Waals surface area contributed by atoms with E-state index >= 15 is 0 Å². The first kappa shape index (κ1) is 20.3. The predicted octanol–water partition coefficient (Wildman–Crippen LogP) is 3.80. The third kappa shape index (κ3) is 4.25. The van der Waals surface area contributed by atoms with Gasteiger partial charge in [-0.25, -0.2) is 4.98 Å². The van der Waals surface area contributed by atoms with Crippen LogP contribution >= 0.6 is 0 Å². The van der Waals surface area contributed by atoms with E-state index in [1.54, 1.807) is 18.3 Å². The Morgan fingerprint density at radius 3 is 3.00 bits per heavy atom. The van der Waals surface area contributed by atoms with Gasteiger partial charge in [0.1, 0.15) is 23.8 Å². The van der Waals surface area contributed by atoms with Crippen molar-refractivity contribution >= 4 is 22.7 Å². The topological polar surface area (TPSA) is 107 Å². The van der Waals surface area contributed by atoms with Crippen molar-refractivity contribution in [2.24, 2.45) is 0 Å². The highest BCUT2D eigenvalue weighted by molar-refractivity contribution is 5.90. The van der Waals surface area contributed by atoms with Crippen LogP contribution in [0.4, 0.5) is 5.82 Å². The van der Waals surface area contributed by atoms with Crippen molar-refractivity contribution in [3.05, 3.63) is 60.3 Å². The highest BCUT2D eigenvalue weighted by atomic mass is 16.5. The van der Waals surface area contributed by atoms with Crippen molar-refractivity contribution in [1.29, 1.82) is 0 Å². The standard InChI is InChI=1S/C23H23N5O4/c1-30-14-21(29)25-20-9-8-16(12-24-20)22-26-23(32-27-22)18-6-4-10-28(18)13-17-11-15-5-2-3-7-19(15)31-17/h2-3,5,7-9,11-12,18H,4,6,10,13-14H2,1H3,(H,24,25,29)/t18-/m0/s1. The summed E-state index contributed by atoms with van der Waals surface area (Å²) >= 11 is 0. The number of anilines is 1. The van der Waals surface area contributed by atoms with E-state index in [4.69, 9.17) is 13.7 Å². The zero-order valence-electron chi connectivity index (χ0n) is 17.7. The Morgan fingerprint density at radius 2 is 2.19 bits per heavy atom. The van der Waals surface area contributed by atoms with Gasteiger partial charge in [-0.1, -0.05) is 23.4 Å². The van der Waals surface area contributed by atoms with Crippen LogP contribution in [0.15, 0.2) is 57.6 Å². The van der Waals surface area contributed by atoms with Crippen LogP contribution in [-0.4, -0.2) is 46.2 Å². The van der Waals surface area contributed by atoms with Gasteiger partial charge in [0, 0.05) is 24.3 Å². The molecule has 3 aromatic heterocycles. The SMILES string of the molecule is COCC(=O)Nc1ccc(-c2noc([C@@H]3CCCN3Cc3cc4ccccc4o3)n2)cn1. The zero-order chi connectivity index (χ0) is 21.9. The fraction of sp³-hybridized carbons (Fsp3) is 0.304. The van der Waals surface area contributed by atoms with E-state index in [2.05, 4.69) is 37.5 Å². The summed E-state index contributed by atoms with van der Waals surface area (Å²) in [4.78, 5) is 22.8. The summed E-state index contributed by atoms with van der Waals surface area (Å²) in [5.41, 5.74) is 1.61. The van der Waals surface area contributed by atoms with Gasteiger partial charge in [-0.2, -0.15) is 4.98 Å². The van der Waals surface area contributed by atoms with E-state index in [9.17, 15) is 4.79 Å². The fourth-order valence-electron chi connectivity index (χ4n) is 4.01.